The molecule has 0 spiro atoms. The monoisotopic (exact) mass is 430 g/mol. The van der Waals surface area contributed by atoms with Crippen molar-refractivity contribution in [2.75, 3.05) is 7.11 Å². The number of allylic oxidation sites excluding steroid dienone is 1. The van der Waals surface area contributed by atoms with Crippen molar-refractivity contribution in [1.29, 1.82) is 0 Å². The van der Waals surface area contributed by atoms with E-state index in [9.17, 15) is 4.79 Å². The number of methoxy groups -OCH3 is 1. The van der Waals surface area contributed by atoms with Gasteiger partial charge < -0.3 is 9.30 Å². The Morgan fingerprint density at radius 3 is 2.61 bits per heavy atom. The lowest BCUT2D eigenvalue weighted by molar-refractivity contribution is 0.0600. The number of carbonyl (C=O) groups is 1. The van der Waals surface area contributed by atoms with Gasteiger partial charge in [0.25, 0.3) is 0 Å². The van der Waals surface area contributed by atoms with Gasteiger partial charge in [-0.15, -0.1) is 16.8 Å². The lowest BCUT2D eigenvalue weighted by Gasteiger charge is -2.16. The van der Waals surface area contributed by atoms with Gasteiger partial charge >= 0.3 is 5.97 Å². The Morgan fingerprint density at radius 2 is 1.87 bits per heavy atom. The molecule has 0 atom stereocenters. The molecule has 2 aromatic carbocycles. The van der Waals surface area contributed by atoms with Crippen LogP contribution in [0.4, 0.5) is 0 Å². The van der Waals surface area contributed by atoms with Crippen LogP contribution in [0.15, 0.2) is 72.4 Å². The number of aromatic nitrogens is 4. The first-order chi connectivity index (χ1) is 15.1. The van der Waals surface area contributed by atoms with Crippen molar-refractivity contribution in [3.63, 3.8) is 0 Å². The highest BCUT2D eigenvalue weighted by atomic mass is 32.2. The van der Waals surface area contributed by atoms with E-state index in [1.54, 1.807) is 0 Å². The number of hydrogen-bond donors (Lipinski definition) is 0. The second-order valence-corrected chi connectivity index (χ2v) is 7.84. The Bertz CT molecular complexity index is 1250. The topological polar surface area (TPSA) is 69.9 Å². The second-order valence-electron chi connectivity index (χ2n) is 6.90. The first-order valence-electron chi connectivity index (χ1n) is 9.83. The second kappa shape index (κ2) is 9.14. The molecule has 4 aromatic rings. The van der Waals surface area contributed by atoms with Crippen LogP contribution in [-0.2, 0) is 17.0 Å². The number of nitrogens with zero attached hydrogens (tertiary/aromatic N) is 4. The number of carbonyl (C=O) groups excluding carboxylic acids is 1. The molecule has 6 nitrogen and oxygen atoms in total. The smallest absolute Gasteiger partial charge is 0.340 e. The molecule has 0 amide bonds. The number of rotatable bonds is 7. The predicted octanol–water partition coefficient (Wildman–Crippen LogP) is 5.07. The summed E-state index contributed by atoms with van der Waals surface area (Å²) in [5, 5.41) is 10.1. The first-order valence-corrected chi connectivity index (χ1v) is 10.8. The molecule has 0 aliphatic rings. The molecular weight excluding hydrogens is 408 g/mol. The molecule has 0 unspecified atom stereocenters. The Hall–Kier alpha value is -3.45. The minimum absolute atomic E-state index is 0.406. The van der Waals surface area contributed by atoms with Gasteiger partial charge in [0.15, 0.2) is 5.16 Å². The molecule has 4 rings (SSSR count). The predicted molar refractivity (Wildman–Crippen MR) is 123 cm³/mol. The Labute approximate surface area is 185 Å². The number of esters is 1. The standard InChI is InChI=1S/C24H22N4O2S/c1-4-14-28-16(2)26-27-24(28)31-15-20-22(23(29)30-3)21(17-10-6-5-7-11-17)18-12-8-9-13-19(18)25-20/h4-13H,1,14-15H2,2-3H3. The summed E-state index contributed by atoms with van der Waals surface area (Å²) < 4.78 is 7.15. The molecule has 0 radical (unpaired) electrons. The van der Waals surface area contributed by atoms with Crippen LogP contribution in [0.25, 0.3) is 22.0 Å². The maximum Gasteiger partial charge on any atom is 0.340 e. The fraction of sp³-hybridized carbons (Fsp3) is 0.167. The Balaban J connectivity index is 1.87. The van der Waals surface area contributed by atoms with Crippen molar-refractivity contribution in [3.05, 3.63) is 84.3 Å². The van der Waals surface area contributed by atoms with E-state index in [2.05, 4.69) is 16.8 Å². The molecule has 0 fully saturated rings. The zero-order chi connectivity index (χ0) is 21.8. The first kappa shape index (κ1) is 20.8. The van der Waals surface area contributed by atoms with E-state index >= 15 is 0 Å². The average Bonchev–Trinajstić information content (AvgIpc) is 3.16. The lowest BCUT2D eigenvalue weighted by atomic mass is 9.94. The third-order valence-corrected chi connectivity index (χ3v) is 5.95. The van der Waals surface area contributed by atoms with Crippen LogP contribution in [-0.4, -0.2) is 32.8 Å². The van der Waals surface area contributed by atoms with E-state index in [0.717, 1.165) is 33.0 Å². The maximum absolute atomic E-state index is 12.9. The number of fused-ring (bicyclic) bond motifs is 1. The summed E-state index contributed by atoms with van der Waals surface area (Å²) in [7, 11) is 1.40. The molecule has 156 valence electrons. The quantitative estimate of drug-likeness (QED) is 0.232. The molecule has 0 aliphatic heterocycles. The summed E-state index contributed by atoms with van der Waals surface area (Å²) in [6.45, 7) is 6.33. The van der Waals surface area contributed by atoms with Gasteiger partial charge in [0.1, 0.15) is 5.82 Å². The number of benzene rings is 2. The Kier molecular flexibility index (Phi) is 6.13. The summed E-state index contributed by atoms with van der Waals surface area (Å²) in [6.07, 6.45) is 1.81. The highest BCUT2D eigenvalue weighted by Gasteiger charge is 2.23. The Morgan fingerprint density at radius 1 is 1.13 bits per heavy atom. The molecule has 2 aromatic heterocycles. The van der Waals surface area contributed by atoms with Crippen LogP contribution >= 0.6 is 11.8 Å². The highest BCUT2D eigenvalue weighted by molar-refractivity contribution is 7.98. The van der Waals surface area contributed by atoms with Gasteiger partial charge in [0.2, 0.25) is 0 Å². The zero-order valence-electron chi connectivity index (χ0n) is 17.4. The third kappa shape index (κ3) is 4.09. The van der Waals surface area contributed by atoms with Crippen molar-refractivity contribution < 1.29 is 9.53 Å². The van der Waals surface area contributed by atoms with Crippen molar-refractivity contribution in [2.45, 2.75) is 24.4 Å². The normalized spacial score (nSPS) is 10.9. The minimum Gasteiger partial charge on any atom is -0.465 e. The van der Waals surface area contributed by atoms with Crippen molar-refractivity contribution >= 4 is 28.6 Å². The summed E-state index contributed by atoms with van der Waals surface area (Å²) in [4.78, 5) is 17.8. The lowest BCUT2D eigenvalue weighted by Crippen LogP contribution is -2.11. The number of thioether (sulfide) groups is 1. The zero-order valence-corrected chi connectivity index (χ0v) is 18.2. The summed E-state index contributed by atoms with van der Waals surface area (Å²) >= 11 is 1.49. The number of hydrogen-bond acceptors (Lipinski definition) is 6. The van der Waals surface area contributed by atoms with E-state index in [0.29, 0.717) is 23.6 Å². The van der Waals surface area contributed by atoms with Gasteiger partial charge in [-0.2, -0.15) is 0 Å². The van der Waals surface area contributed by atoms with Crippen LogP contribution < -0.4 is 0 Å². The molecule has 0 saturated heterocycles. The minimum atomic E-state index is -0.406. The SMILES string of the molecule is C=CCn1c(C)nnc1SCc1nc2ccccc2c(-c2ccccc2)c1C(=O)OC. The van der Waals surface area contributed by atoms with Gasteiger partial charge in [0, 0.05) is 23.2 Å². The fourth-order valence-corrected chi connectivity index (χ4v) is 4.47. The van der Waals surface area contributed by atoms with Crippen LogP contribution in [0, 0.1) is 6.92 Å². The van der Waals surface area contributed by atoms with Crippen LogP contribution in [0.2, 0.25) is 0 Å². The van der Waals surface area contributed by atoms with Gasteiger partial charge in [-0.25, -0.2) is 4.79 Å². The summed E-state index contributed by atoms with van der Waals surface area (Å²) in [6, 6.07) is 17.7. The van der Waals surface area contributed by atoms with Gasteiger partial charge in [-0.3, -0.25) is 4.98 Å². The maximum atomic E-state index is 12.9. The van der Waals surface area contributed by atoms with E-state index in [1.165, 1.54) is 18.9 Å². The molecule has 31 heavy (non-hydrogen) atoms. The van der Waals surface area contributed by atoms with Crippen molar-refractivity contribution in [2.24, 2.45) is 0 Å². The van der Waals surface area contributed by atoms with Crippen molar-refractivity contribution in [3.8, 4) is 11.1 Å². The number of ether oxygens (including phenoxy) is 1. The molecule has 2 heterocycles. The molecule has 7 heteroatoms. The number of aryl methyl sites for hydroxylation is 1. The average molecular weight is 431 g/mol. The van der Waals surface area contributed by atoms with Crippen molar-refractivity contribution in [1.82, 2.24) is 19.7 Å². The van der Waals surface area contributed by atoms with E-state index in [-0.39, 0.29) is 0 Å². The molecule has 0 N–H and O–H groups in total. The summed E-state index contributed by atoms with van der Waals surface area (Å²) in [5.41, 5.74) is 3.73. The van der Waals surface area contributed by atoms with Gasteiger partial charge in [0.05, 0.1) is 23.9 Å². The van der Waals surface area contributed by atoms with Gasteiger partial charge in [-0.1, -0.05) is 66.4 Å². The third-order valence-electron chi connectivity index (χ3n) is 4.97. The van der Waals surface area contributed by atoms with Crippen LogP contribution in [0.1, 0.15) is 21.9 Å². The van der Waals surface area contributed by atoms with E-state index < -0.39 is 5.97 Å². The molecule has 0 saturated carbocycles. The van der Waals surface area contributed by atoms with E-state index in [4.69, 9.17) is 9.72 Å². The van der Waals surface area contributed by atoms with Gasteiger partial charge in [-0.05, 0) is 18.6 Å². The molecule has 0 bridgehead atoms. The summed E-state index contributed by atoms with van der Waals surface area (Å²) in [5.74, 6) is 0.855. The number of para-hydroxylation sites is 1. The van der Waals surface area contributed by atoms with Crippen LogP contribution in [0.3, 0.4) is 0 Å². The largest absolute Gasteiger partial charge is 0.465 e. The number of pyridine rings is 1. The van der Waals surface area contributed by atoms with E-state index in [1.807, 2.05) is 72.2 Å². The van der Waals surface area contributed by atoms with Crippen LogP contribution in [0.5, 0.6) is 0 Å². The molecular formula is C24H22N4O2S. The highest BCUT2D eigenvalue weighted by Crippen LogP contribution is 2.35. The molecule has 0 aliphatic carbocycles. The fourth-order valence-electron chi connectivity index (χ4n) is 3.53.